The van der Waals surface area contributed by atoms with Crippen LogP contribution >= 0.6 is 35.0 Å². The van der Waals surface area contributed by atoms with Gasteiger partial charge in [0.15, 0.2) is 16.5 Å². The van der Waals surface area contributed by atoms with Crippen molar-refractivity contribution in [2.75, 3.05) is 0 Å². The maximum atomic E-state index is 12.9. The van der Waals surface area contributed by atoms with Crippen molar-refractivity contribution in [1.82, 2.24) is 9.97 Å². The van der Waals surface area contributed by atoms with Gasteiger partial charge in [-0.2, -0.15) is 0 Å². The molecule has 4 rings (SSSR count). The molecule has 30 heavy (non-hydrogen) atoms. The topological polar surface area (TPSA) is 48.8 Å². The summed E-state index contributed by atoms with van der Waals surface area (Å²) in [4.78, 5) is 11.1. The molecular formula is C23H16Cl2N2OS2. The molecule has 3 nitrogen and oxygen atoms in total. The monoisotopic (exact) mass is 470 g/mol. The van der Waals surface area contributed by atoms with E-state index in [1.54, 1.807) is 24.3 Å². The van der Waals surface area contributed by atoms with Crippen LogP contribution in [0.5, 0.6) is 0 Å². The van der Waals surface area contributed by atoms with Gasteiger partial charge in [-0.15, -0.1) is 0 Å². The van der Waals surface area contributed by atoms with Gasteiger partial charge in [0.05, 0.1) is 5.69 Å². The second-order valence-corrected chi connectivity index (χ2v) is 9.80. The molecule has 4 aromatic rings. The lowest BCUT2D eigenvalue weighted by Crippen LogP contribution is -2.08. The number of aromatic nitrogens is 2. The van der Waals surface area contributed by atoms with Crippen LogP contribution < -0.4 is 0 Å². The number of hydrogen-bond donors (Lipinski definition) is 0. The Kier molecular flexibility index (Phi) is 6.97. The molecule has 1 heterocycles. The second-order valence-electron chi connectivity index (χ2n) is 6.39. The molecule has 0 saturated carbocycles. The first-order valence-electron chi connectivity index (χ1n) is 9.07. The van der Waals surface area contributed by atoms with E-state index < -0.39 is 11.2 Å². The Hall–Kier alpha value is -2.02. The van der Waals surface area contributed by atoms with E-state index >= 15 is 0 Å². The fourth-order valence-corrected chi connectivity index (χ4v) is 4.86. The molecule has 150 valence electrons. The summed E-state index contributed by atoms with van der Waals surface area (Å²) in [6, 6.07) is 26.3. The molecule has 0 aliphatic carbocycles. The highest BCUT2D eigenvalue weighted by Crippen LogP contribution is 2.30. The quantitative estimate of drug-likeness (QED) is 0.227. The summed E-state index contributed by atoms with van der Waals surface area (Å²) in [5.74, 6) is 0.899. The summed E-state index contributed by atoms with van der Waals surface area (Å²) in [6.07, 6.45) is 0. The maximum absolute atomic E-state index is 12.9. The van der Waals surface area contributed by atoms with Crippen LogP contribution in [0.15, 0.2) is 99.7 Å². The molecule has 0 saturated heterocycles. The maximum Gasteiger partial charge on any atom is 0.160 e. The van der Waals surface area contributed by atoms with Gasteiger partial charge in [-0.05, 0) is 65.8 Å². The van der Waals surface area contributed by atoms with Crippen LogP contribution in [0.2, 0.25) is 10.0 Å². The summed E-state index contributed by atoms with van der Waals surface area (Å²) in [5, 5.41) is 2.09. The van der Waals surface area contributed by atoms with E-state index in [0.29, 0.717) is 26.5 Å². The number of hydrogen-bond acceptors (Lipinski definition) is 4. The first-order chi connectivity index (χ1) is 14.6. The van der Waals surface area contributed by atoms with E-state index in [0.717, 1.165) is 15.5 Å². The molecule has 0 radical (unpaired) electrons. The van der Waals surface area contributed by atoms with Gasteiger partial charge in [0.25, 0.3) is 0 Å². The van der Waals surface area contributed by atoms with Crippen LogP contribution in [0.25, 0.3) is 11.4 Å². The molecule has 0 bridgehead atoms. The van der Waals surface area contributed by atoms with Gasteiger partial charge in [-0.1, -0.05) is 65.3 Å². The van der Waals surface area contributed by atoms with E-state index in [-0.39, 0.29) is 5.75 Å². The molecule has 1 atom stereocenters. The average molecular weight is 471 g/mol. The minimum Gasteiger partial charge on any atom is -0.611 e. The van der Waals surface area contributed by atoms with Gasteiger partial charge in [-0.25, -0.2) is 9.97 Å². The van der Waals surface area contributed by atoms with E-state index in [9.17, 15) is 4.55 Å². The van der Waals surface area contributed by atoms with Crippen LogP contribution in [0.4, 0.5) is 0 Å². The Morgan fingerprint density at radius 1 is 0.800 bits per heavy atom. The zero-order valence-electron chi connectivity index (χ0n) is 15.7. The van der Waals surface area contributed by atoms with Gasteiger partial charge < -0.3 is 4.55 Å². The summed E-state index contributed by atoms with van der Waals surface area (Å²) in [7, 11) is 0. The Labute approximate surface area is 192 Å². The van der Waals surface area contributed by atoms with Crippen LogP contribution in [-0.4, -0.2) is 14.5 Å². The van der Waals surface area contributed by atoms with Crippen LogP contribution in [0.3, 0.4) is 0 Å². The number of benzene rings is 3. The molecule has 1 unspecified atom stereocenters. The molecule has 0 spiro atoms. The first-order valence-corrected chi connectivity index (χ1v) is 12.0. The van der Waals surface area contributed by atoms with Crippen LogP contribution in [-0.2, 0) is 16.9 Å². The molecule has 0 amide bonds. The van der Waals surface area contributed by atoms with E-state index in [1.165, 1.54) is 11.8 Å². The molecule has 1 aromatic heterocycles. The Balaban J connectivity index is 1.66. The molecule has 7 heteroatoms. The summed E-state index contributed by atoms with van der Waals surface area (Å²) in [5.41, 5.74) is 1.63. The van der Waals surface area contributed by atoms with Crippen molar-refractivity contribution in [3.8, 4) is 11.4 Å². The number of nitrogens with zero attached hydrogens (tertiary/aromatic N) is 2. The van der Waals surface area contributed by atoms with Crippen molar-refractivity contribution < 1.29 is 4.55 Å². The van der Waals surface area contributed by atoms with Gasteiger partial charge >= 0.3 is 0 Å². The number of rotatable bonds is 6. The standard InChI is InChI=1S/C23H16Cl2N2OS2/c24-17-6-10-20(11-7-17)29-22-14-19(15-30(28)21-12-8-18(25)9-13-21)26-23(27-22)16-4-2-1-3-5-16/h1-14H,15H2. The summed E-state index contributed by atoms with van der Waals surface area (Å²) < 4.78 is 12.9. The van der Waals surface area contributed by atoms with Crippen molar-refractivity contribution in [3.05, 3.63) is 101 Å². The third kappa shape index (κ3) is 5.56. The lowest BCUT2D eigenvalue weighted by molar-refractivity contribution is 0.593. The van der Waals surface area contributed by atoms with Gasteiger partial charge in [0.1, 0.15) is 5.03 Å². The molecule has 0 aliphatic rings. The predicted octanol–water partition coefficient (Wildman–Crippen LogP) is 6.91. The summed E-state index contributed by atoms with van der Waals surface area (Å²) >= 11 is 12.2. The highest BCUT2D eigenvalue weighted by Gasteiger charge is 2.16. The van der Waals surface area contributed by atoms with Crippen LogP contribution in [0, 0.1) is 0 Å². The third-order valence-electron chi connectivity index (χ3n) is 4.18. The largest absolute Gasteiger partial charge is 0.611 e. The lowest BCUT2D eigenvalue weighted by Gasteiger charge is -2.12. The van der Waals surface area contributed by atoms with E-state index in [4.69, 9.17) is 28.2 Å². The lowest BCUT2D eigenvalue weighted by atomic mass is 10.2. The molecule has 0 aliphatic heterocycles. The molecule has 0 fully saturated rings. The minimum atomic E-state index is -1.24. The van der Waals surface area contributed by atoms with Gasteiger partial charge in [-0.3, -0.25) is 0 Å². The second kappa shape index (κ2) is 9.86. The third-order valence-corrected chi connectivity index (χ3v) is 6.97. The Morgan fingerprint density at radius 3 is 2.10 bits per heavy atom. The molecule has 3 aromatic carbocycles. The molecule has 0 N–H and O–H groups in total. The van der Waals surface area contributed by atoms with Crippen molar-refractivity contribution in [2.45, 2.75) is 20.6 Å². The fraction of sp³-hybridized carbons (Fsp3) is 0.0435. The Bertz CT molecular complexity index is 1120. The zero-order chi connectivity index (χ0) is 20.9. The zero-order valence-corrected chi connectivity index (χ0v) is 18.8. The van der Waals surface area contributed by atoms with Crippen molar-refractivity contribution in [2.24, 2.45) is 0 Å². The molecular weight excluding hydrogens is 455 g/mol. The summed E-state index contributed by atoms with van der Waals surface area (Å²) in [6.45, 7) is 0. The van der Waals surface area contributed by atoms with Crippen molar-refractivity contribution in [1.29, 1.82) is 0 Å². The van der Waals surface area contributed by atoms with Gasteiger partial charge in [0, 0.05) is 20.5 Å². The fourth-order valence-electron chi connectivity index (χ4n) is 2.74. The average Bonchev–Trinajstić information content (AvgIpc) is 2.76. The van der Waals surface area contributed by atoms with Crippen molar-refractivity contribution in [3.63, 3.8) is 0 Å². The highest BCUT2D eigenvalue weighted by atomic mass is 35.5. The van der Waals surface area contributed by atoms with Gasteiger partial charge in [0.2, 0.25) is 0 Å². The number of halogens is 2. The van der Waals surface area contributed by atoms with E-state index in [1.807, 2.05) is 60.7 Å². The Morgan fingerprint density at radius 2 is 1.43 bits per heavy atom. The normalized spacial score (nSPS) is 12.0. The first kappa shape index (κ1) is 21.2. The highest BCUT2D eigenvalue weighted by molar-refractivity contribution is 7.99. The van der Waals surface area contributed by atoms with Crippen LogP contribution in [0.1, 0.15) is 5.69 Å². The van der Waals surface area contributed by atoms with Crippen molar-refractivity contribution >= 4 is 46.1 Å². The smallest absolute Gasteiger partial charge is 0.160 e. The van der Waals surface area contributed by atoms with E-state index in [2.05, 4.69) is 4.98 Å². The SMILES string of the molecule is [O-][S+](Cc1cc(Sc2ccc(Cl)cc2)nc(-c2ccccc2)n1)c1ccc(Cl)cc1. The minimum absolute atomic E-state index is 0.290. The predicted molar refractivity (Wildman–Crippen MR) is 125 cm³/mol.